The first-order valence-electron chi connectivity index (χ1n) is 7.18. The Morgan fingerprint density at radius 2 is 1.83 bits per heavy atom. The summed E-state index contributed by atoms with van der Waals surface area (Å²) in [5, 5.41) is 6.05. The smallest absolute Gasteiger partial charge is 0.416 e. The standard InChI is InChI=1S/C17H17F3N2OS/c1-11(12-5-3-8-15(9-12)23-2)21-16(24)22-14-7-4-6-13(10-14)17(18,19)20/h3-11H,1-2H3,(H2,21,22,24)/t11-/m1/s1. The van der Waals surface area contributed by atoms with Crippen LogP contribution in [0.25, 0.3) is 0 Å². The minimum absolute atomic E-state index is 0.133. The van der Waals surface area contributed by atoms with Crippen LogP contribution in [0.3, 0.4) is 0 Å². The molecule has 0 aliphatic carbocycles. The summed E-state index contributed by atoms with van der Waals surface area (Å²) in [4.78, 5) is 0. The Kier molecular flexibility index (Phi) is 5.66. The number of rotatable bonds is 4. The largest absolute Gasteiger partial charge is 0.497 e. The molecule has 0 aliphatic heterocycles. The molecule has 0 saturated carbocycles. The van der Waals surface area contributed by atoms with Gasteiger partial charge >= 0.3 is 6.18 Å². The molecule has 24 heavy (non-hydrogen) atoms. The van der Waals surface area contributed by atoms with E-state index in [9.17, 15) is 13.2 Å². The fraction of sp³-hybridized carbons (Fsp3) is 0.235. The van der Waals surface area contributed by atoms with Crippen molar-refractivity contribution in [2.24, 2.45) is 0 Å². The second-order valence-corrected chi connectivity index (χ2v) is 5.58. The molecule has 2 aromatic carbocycles. The number of ether oxygens (including phenoxy) is 1. The number of thiocarbonyl (C=S) groups is 1. The highest BCUT2D eigenvalue weighted by Crippen LogP contribution is 2.30. The van der Waals surface area contributed by atoms with Crippen LogP contribution in [-0.4, -0.2) is 12.2 Å². The highest BCUT2D eigenvalue weighted by molar-refractivity contribution is 7.80. The Labute approximate surface area is 143 Å². The highest BCUT2D eigenvalue weighted by atomic mass is 32.1. The third kappa shape index (κ3) is 4.86. The second-order valence-electron chi connectivity index (χ2n) is 5.18. The van der Waals surface area contributed by atoms with E-state index < -0.39 is 11.7 Å². The Morgan fingerprint density at radius 1 is 1.12 bits per heavy atom. The Morgan fingerprint density at radius 3 is 2.50 bits per heavy atom. The molecule has 0 bridgehead atoms. The average Bonchev–Trinajstić information content (AvgIpc) is 2.54. The number of halogens is 3. The zero-order chi connectivity index (χ0) is 17.7. The molecule has 0 spiro atoms. The highest BCUT2D eigenvalue weighted by Gasteiger charge is 2.30. The van der Waals surface area contributed by atoms with Crippen LogP contribution in [-0.2, 0) is 6.18 Å². The van der Waals surface area contributed by atoms with Crippen molar-refractivity contribution in [2.45, 2.75) is 19.1 Å². The molecule has 0 fully saturated rings. The molecule has 0 aromatic heterocycles. The van der Waals surface area contributed by atoms with Gasteiger partial charge in [-0.15, -0.1) is 0 Å². The number of benzene rings is 2. The predicted molar refractivity (Wildman–Crippen MR) is 92.2 cm³/mol. The molecule has 7 heteroatoms. The van der Waals surface area contributed by atoms with Crippen molar-refractivity contribution in [3.8, 4) is 5.75 Å². The molecule has 0 unspecified atom stereocenters. The van der Waals surface area contributed by atoms with Gasteiger partial charge in [-0.3, -0.25) is 0 Å². The van der Waals surface area contributed by atoms with Gasteiger partial charge < -0.3 is 15.4 Å². The third-order valence-electron chi connectivity index (χ3n) is 3.39. The van der Waals surface area contributed by atoms with Crippen molar-refractivity contribution >= 4 is 23.0 Å². The van der Waals surface area contributed by atoms with Crippen LogP contribution >= 0.6 is 12.2 Å². The first-order chi connectivity index (χ1) is 11.3. The molecule has 128 valence electrons. The zero-order valence-electron chi connectivity index (χ0n) is 13.1. The number of hydrogen-bond donors (Lipinski definition) is 2. The van der Waals surface area contributed by atoms with E-state index in [1.54, 1.807) is 7.11 Å². The molecule has 1 atom stereocenters. The van der Waals surface area contributed by atoms with Crippen molar-refractivity contribution < 1.29 is 17.9 Å². The number of methoxy groups -OCH3 is 1. The van der Waals surface area contributed by atoms with E-state index in [1.807, 2.05) is 31.2 Å². The van der Waals surface area contributed by atoms with Gasteiger partial charge in [0.1, 0.15) is 5.75 Å². The van der Waals surface area contributed by atoms with Gasteiger partial charge in [-0.25, -0.2) is 0 Å². The molecule has 0 amide bonds. The summed E-state index contributed by atoms with van der Waals surface area (Å²) in [5.74, 6) is 0.720. The molecular weight excluding hydrogens is 337 g/mol. The molecule has 2 rings (SSSR count). The maximum atomic E-state index is 12.7. The van der Waals surface area contributed by atoms with Gasteiger partial charge in [0.05, 0.1) is 18.7 Å². The second kappa shape index (κ2) is 7.53. The van der Waals surface area contributed by atoms with Crippen molar-refractivity contribution in [1.82, 2.24) is 5.32 Å². The topological polar surface area (TPSA) is 33.3 Å². The first kappa shape index (κ1) is 18.1. The van der Waals surface area contributed by atoms with E-state index in [0.717, 1.165) is 23.4 Å². The summed E-state index contributed by atoms with van der Waals surface area (Å²) < 4.78 is 43.3. The van der Waals surface area contributed by atoms with Crippen molar-refractivity contribution in [2.75, 3.05) is 12.4 Å². The van der Waals surface area contributed by atoms with E-state index in [2.05, 4.69) is 10.6 Å². The SMILES string of the molecule is COc1cccc([C@@H](C)NC(=S)Nc2cccc(C(F)(F)F)c2)c1. The Hall–Kier alpha value is -2.28. The van der Waals surface area contributed by atoms with E-state index in [0.29, 0.717) is 0 Å². The van der Waals surface area contributed by atoms with Crippen LogP contribution in [0.2, 0.25) is 0 Å². The first-order valence-corrected chi connectivity index (χ1v) is 7.59. The molecule has 0 radical (unpaired) electrons. The zero-order valence-corrected chi connectivity index (χ0v) is 14.0. The lowest BCUT2D eigenvalue weighted by molar-refractivity contribution is -0.137. The summed E-state index contributed by atoms with van der Waals surface area (Å²) >= 11 is 5.18. The molecule has 3 nitrogen and oxygen atoms in total. The van der Waals surface area contributed by atoms with E-state index in [-0.39, 0.29) is 16.8 Å². The fourth-order valence-corrected chi connectivity index (χ4v) is 2.43. The Bertz CT molecular complexity index is 719. The Balaban J connectivity index is 2.02. The van der Waals surface area contributed by atoms with Crippen molar-refractivity contribution in [3.63, 3.8) is 0 Å². The molecule has 2 aromatic rings. The van der Waals surface area contributed by atoms with Crippen molar-refractivity contribution in [1.29, 1.82) is 0 Å². The van der Waals surface area contributed by atoms with Gasteiger partial charge in [0, 0.05) is 5.69 Å². The van der Waals surface area contributed by atoms with Crippen LogP contribution in [0, 0.1) is 0 Å². The third-order valence-corrected chi connectivity index (χ3v) is 3.61. The van der Waals surface area contributed by atoms with Gasteiger partial charge in [0.25, 0.3) is 0 Å². The normalized spacial score (nSPS) is 12.4. The van der Waals surface area contributed by atoms with Gasteiger partial charge in [-0.2, -0.15) is 13.2 Å². The van der Waals surface area contributed by atoms with E-state index in [4.69, 9.17) is 17.0 Å². The van der Waals surface area contributed by atoms with Crippen molar-refractivity contribution in [3.05, 3.63) is 59.7 Å². The lowest BCUT2D eigenvalue weighted by Gasteiger charge is -2.18. The summed E-state index contributed by atoms with van der Waals surface area (Å²) in [6.45, 7) is 1.90. The molecule has 0 heterocycles. The quantitative estimate of drug-likeness (QED) is 0.776. The summed E-state index contributed by atoms with van der Waals surface area (Å²) in [7, 11) is 1.58. The van der Waals surface area contributed by atoms with Crippen LogP contribution in [0.1, 0.15) is 24.1 Å². The molecule has 0 aliphatic rings. The molecular formula is C17H17F3N2OS. The maximum Gasteiger partial charge on any atom is 0.416 e. The van der Waals surface area contributed by atoms with Crippen LogP contribution in [0.5, 0.6) is 5.75 Å². The number of anilines is 1. The van der Waals surface area contributed by atoms with Crippen LogP contribution < -0.4 is 15.4 Å². The molecule has 0 saturated heterocycles. The predicted octanol–water partition coefficient (Wildman–Crippen LogP) is 4.76. The number of hydrogen-bond acceptors (Lipinski definition) is 2. The lowest BCUT2D eigenvalue weighted by atomic mass is 10.1. The minimum Gasteiger partial charge on any atom is -0.497 e. The van der Waals surface area contributed by atoms with Gasteiger partial charge in [0.2, 0.25) is 0 Å². The van der Waals surface area contributed by atoms with Gasteiger partial charge in [-0.05, 0) is 55.0 Å². The summed E-state index contributed by atoms with van der Waals surface area (Å²) in [6.07, 6.45) is -4.39. The summed E-state index contributed by atoms with van der Waals surface area (Å²) in [6, 6.07) is 12.2. The van der Waals surface area contributed by atoms with E-state index >= 15 is 0 Å². The van der Waals surface area contributed by atoms with Crippen LogP contribution in [0.4, 0.5) is 18.9 Å². The number of nitrogens with one attached hydrogen (secondary N) is 2. The minimum atomic E-state index is -4.39. The molecule has 2 N–H and O–H groups in total. The van der Waals surface area contributed by atoms with Gasteiger partial charge in [-0.1, -0.05) is 18.2 Å². The number of alkyl halides is 3. The maximum absolute atomic E-state index is 12.7. The lowest BCUT2D eigenvalue weighted by Crippen LogP contribution is -2.31. The van der Waals surface area contributed by atoms with Crippen LogP contribution in [0.15, 0.2) is 48.5 Å². The summed E-state index contributed by atoms with van der Waals surface area (Å²) in [5.41, 5.74) is 0.499. The van der Waals surface area contributed by atoms with E-state index in [1.165, 1.54) is 12.1 Å². The monoisotopic (exact) mass is 354 g/mol. The average molecular weight is 354 g/mol. The fourth-order valence-electron chi connectivity index (χ4n) is 2.13. The van der Waals surface area contributed by atoms with Gasteiger partial charge in [0.15, 0.2) is 5.11 Å².